The van der Waals surface area contributed by atoms with Gasteiger partial charge in [0.2, 0.25) is 0 Å². The fourth-order valence-corrected chi connectivity index (χ4v) is 3.63. The Balaban J connectivity index is 2.17. The lowest BCUT2D eigenvalue weighted by molar-refractivity contribution is 1.25. The summed E-state index contributed by atoms with van der Waals surface area (Å²) in [5.74, 6) is 1.27. The molecule has 0 aromatic heterocycles. The van der Waals surface area contributed by atoms with Crippen LogP contribution in [0, 0.1) is 6.92 Å². The molecule has 0 N–H and O–H groups in total. The summed E-state index contributed by atoms with van der Waals surface area (Å²) >= 11 is 0. The maximum absolute atomic E-state index is 2.30. The fraction of sp³-hybridized carbons (Fsp3) is 0.273. The van der Waals surface area contributed by atoms with Gasteiger partial charge in [-0.2, -0.15) is 0 Å². The van der Waals surface area contributed by atoms with Gasteiger partial charge in [-0.05, 0) is 29.9 Å². The molecule has 0 radical (unpaired) electrons. The van der Waals surface area contributed by atoms with Crippen molar-refractivity contribution in [2.24, 2.45) is 0 Å². The van der Waals surface area contributed by atoms with Crippen LogP contribution in [0.4, 0.5) is 0 Å². The highest BCUT2D eigenvalue weighted by Gasteiger charge is 2.07. The fourth-order valence-electron chi connectivity index (χ4n) is 1.25. The molecule has 13 heavy (non-hydrogen) atoms. The van der Waals surface area contributed by atoms with Crippen molar-refractivity contribution < 1.29 is 0 Å². The summed E-state index contributed by atoms with van der Waals surface area (Å²) in [4.78, 5) is 1.51. The Kier molecular flexibility index (Phi) is 3.01. The van der Waals surface area contributed by atoms with E-state index in [9.17, 15) is 0 Å². The van der Waals surface area contributed by atoms with Crippen LogP contribution in [0.3, 0.4) is 0 Å². The van der Waals surface area contributed by atoms with Crippen LogP contribution in [0.2, 0.25) is 0 Å². The van der Waals surface area contributed by atoms with Gasteiger partial charge in [-0.15, -0.1) is 0 Å². The summed E-state index contributed by atoms with van der Waals surface area (Å²) < 4.78 is 0. The number of hydrogen-bond acceptors (Lipinski definition) is 2. The minimum absolute atomic E-state index is 1.24. The molecule has 0 saturated carbocycles. The highest BCUT2D eigenvalue weighted by atomic mass is 33.1. The molecule has 2 rings (SSSR count). The molecule has 1 aromatic rings. The van der Waals surface area contributed by atoms with Crippen molar-refractivity contribution in [1.82, 2.24) is 0 Å². The Bertz CT molecular complexity index is 303. The van der Waals surface area contributed by atoms with Crippen LogP contribution in [-0.4, -0.2) is 5.75 Å². The van der Waals surface area contributed by atoms with E-state index in [2.05, 4.69) is 37.3 Å². The SMILES string of the molecule is Cc1ccc(/C=C2/CCSS2)cc1. The third kappa shape index (κ3) is 2.55. The second-order valence-corrected chi connectivity index (χ2v) is 5.72. The molecule has 2 heteroatoms. The van der Waals surface area contributed by atoms with Gasteiger partial charge in [-0.1, -0.05) is 51.4 Å². The Morgan fingerprint density at radius 2 is 2.00 bits per heavy atom. The Morgan fingerprint density at radius 1 is 1.23 bits per heavy atom. The van der Waals surface area contributed by atoms with Crippen LogP contribution in [0.15, 0.2) is 29.2 Å². The second-order valence-electron chi connectivity index (χ2n) is 3.18. The minimum atomic E-state index is 1.24. The van der Waals surface area contributed by atoms with Crippen molar-refractivity contribution in [3.05, 3.63) is 40.3 Å². The molecular weight excluding hydrogens is 196 g/mol. The predicted molar refractivity (Wildman–Crippen MR) is 63.8 cm³/mol. The first kappa shape index (κ1) is 9.22. The average Bonchev–Trinajstić information content (AvgIpc) is 2.62. The number of aryl methyl sites for hydroxylation is 1. The van der Waals surface area contributed by atoms with E-state index >= 15 is 0 Å². The molecule has 0 atom stereocenters. The van der Waals surface area contributed by atoms with Crippen molar-refractivity contribution in [2.45, 2.75) is 13.3 Å². The van der Waals surface area contributed by atoms with Gasteiger partial charge in [0.05, 0.1) is 0 Å². The highest BCUT2D eigenvalue weighted by Crippen LogP contribution is 2.41. The smallest absolute Gasteiger partial charge is 0.00861 e. The van der Waals surface area contributed by atoms with Crippen LogP contribution < -0.4 is 0 Å². The van der Waals surface area contributed by atoms with Crippen molar-refractivity contribution >= 4 is 27.7 Å². The van der Waals surface area contributed by atoms with Crippen molar-refractivity contribution in [2.75, 3.05) is 5.75 Å². The van der Waals surface area contributed by atoms with E-state index in [1.807, 2.05) is 21.6 Å². The van der Waals surface area contributed by atoms with Crippen LogP contribution in [0.1, 0.15) is 17.5 Å². The zero-order valence-corrected chi connectivity index (χ0v) is 9.25. The Morgan fingerprint density at radius 3 is 2.62 bits per heavy atom. The zero-order valence-electron chi connectivity index (χ0n) is 7.62. The van der Waals surface area contributed by atoms with Gasteiger partial charge in [0.15, 0.2) is 0 Å². The van der Waals surface area contributed by atoms with Gasteiger partial charge < -0.3 is 0 Å². The molecule has 68 valence electrons. The molecule has 0 unspecified atom stereocenters. The Labute approximate surface area is 87.2 Å². The summed E-state index contributed by atoms with van der Waals surface area (Å²) in [5.41, 5.74) is 2.66. The van der Waals surface area contributed by atoms with E-state index in [0.29, 0.717) is 0 Å². The Hall–Kier alpha value is -0.340. The molecule has 0 spiro atoms. The summed E-state index contributed by atoms with van der Waals surface area (Å²) in [5, 5.41) is 0. The van der Waals surface area contributed by atoms with Crippen LogP contribution >= 0.6 is 21.6 Å². The van der Waals surface area contributed by atoms with E-state index < -0.39 is 0 Å². The molecule has 1 aliphatic heterocycles. The molecule has 1 aromatic carbocycles. The third-order valence-corrected chi connectivity index (χ3v) is 4.52. The first-order valence-corrected chi connectivity index (χ1v) is 6.73. The van der Waals surface area contributed by atoms with Crippen LogP contribution in [-0.2, 0) is 0 Å². The summed E-state index contributed by atoms with van der Waals surface area (Å²) in [6.07, 6.45) is 3.54. The summed E-state index contributed by atoms with van der Waals surface area (Å²) in [6.45, 7) is 2.12. The monoisotopic (exact) mass is 208 g/mol. The largest absolute Gasteiger partial charge is 0.0889 e. The maximum Gasteiger partial charge on any atom is 0.00861 e. The number of allylic oxidation sites excluding steroid dienone is 1. The molecule has 1 fully saturated rings. The first-order valence-electron chi connectivity index (χ1n) is 4.41. The number of benzene rings is 1. The quantitative estimate of drug-likeness (QED) is 0.637. The minimum Gasteiger partial charge on any atom is -0.0889 e. The zero-order chi connectivity index (χ0) is 9.10. The van der Waals surface area contributed by atoms with E-state index in [4.69, 9.17) is 0 Å². The highest BCUT2D eigenvalue weighted by molar-refractivity contribution is 8.78. The first-order chi connectivity index (χ1) is 6.34. The third-order valence-electron chi connectivity index (χ3n) is 2.00. The summed E-state index contributed by atoms with van der Waals surface area (Å²) in [6, 6.07) is 8.70. The molecule has 0 bridgehead atoms. The van der Waals surface area contributed by atoms with E-state index in [1.54, 1.807) is 0 Å². The van der Waals surface area contributed by atoms with Crippen molar-refractivity contribution in [1.29, 1.82) is 0 Å². The lowest BCUT2D eigenvalue weighted by atomic mass is 10.1. The average molecular weight is 208 g/mol. The van der Waals surface area contributed by atoms with E-state index in [0.717, 1.165) is 0 Å². The molecular formula is C11H12S2. The lowest BCUT2D eigenvalue weighted by Gasteiger charge is -1.96. The van der Waals surface area contributed by atoms with Gasteiger partial charge in [-0.25, -0.2) is 0 Å². The standard InChI is InChI=1S/C11H12S2/c1-9-2-4-10(5-3-9)8-11-6-7-12-13-11/h2-5,8H,6-7H2,1H3/b11-8-. The van der Waals surface area contributed by atoms with Crippen LogP contribution in [0.5, 0.6) is 0 Å². The predicted octanol–water partition coefficient (Wildman–Crippen LogP) is 4.12. The van der Waals surface area contributed by atoms with Crippen LogP contribution in [0.25, 0.3) is 6.08 Å². The van der Waals surface area contributed by atoms with Crippen molar-refractivity contribution in [3.8, 4) is 0 Å². The molecule has 0 nitrogen and oxygen atoms in total. The second kappa shape index (κ2) is 4.25. The van der Waals surface area contributed by atoms with Gasteiger partial charge >= 0.3 is 0 Å². The topological polar surface area (TPSA) is 0 Å². The van der Waals surface area contributed by atoms with E-state index in [1.165, 1.54) is 28.2 Å². The van der Waals surface area contributed by atoms with Gasteiger partial charge in [0.25, 0.3) is 0 Å². The molecule has 1 saturated heterocycles. The van der Waals surface area contributed by atoms with E-state index in [-0.39, 0.29) is 0 Å². The maximum atomic E-state index is 2.30. The van der Waals surface area contributed by atoms with Gasteiger partial charge in [0.1, 0.15) is 0 Å². The molecule has 1 aliphatic rings. The molecule has 0 amide bonds. The number of hydrogen-bond donors (Lipinski definition) is 0. The summed E-state index contributed by atoms with van der Waals surface area (Å²) in [7, 11) is 3.87. The van der Waals surface area contributed by atoms with Crippen molar-refractivity contribution in [3.63, 3.8) is 0 Å². The molecule has 0 aliphatic carbocycles. The molecule has 1 heterocycles. The number of rotatable bonds is 1. The van der Waals surface area contributed by atoms with Gasteiger partial charge in [0, 0.05) is 5.75 Å². The normalized spacial score (nSPS) is 19.6. The van der Waals surface area contributed by atoms with Gasteiger partial charge in [-0.3, -0.25) is 0 Å². The lowest BCUT2D eigenvalue weighted by Crippen LogP contribution is -1.75.